The number of likely N-dealkylation sites (N-methyl/N-ethyl adjacent to an activating group) is 2. The summed E-state index contributed by atoms with van der Waals surface area (Å²) in [4.78, 5) is 88.4. The summed E-state index contributed by atoms with van der Waals surface area (Å²) in [6.45, 7) is 0.102. The van der Waals surface area contributed by atoms with E-state index in [1.807, 2.05) is 0 Å². The number of pyridine rings is 2. The molecule has 5 aromatic carbocycles. The maximum Gasteiger partial charge on any atom is 0.412 e. The van der Waals surface area contributed by atoms with Crippen molar-refractivity contribution in [2.24, 2.45) is 17.4 Å². The minimum Gasteiger partial charge on any atom is -0.447 e. The number of fused-ring (bicyclic) bond motifs is 3. The smallest absolute Gasteiger partial charge is 0.412 e. The molecule has 1 aliphatic heterocycles. The molecule has 10 N–H and O–H groups in total. The van der Waals surface area contributed by atoms with Crippen LogP contribution in [0.25, 0.3) is 21.5 Å². The molecule has 0 saturated heterocycles. The fraction of sp³-hybridized carbons (Fsp3) is 0.250. The average molecular weight is 1240 g/mol. The van der Waals surface area contributed by atoms with Gasteiger partial charge in [-0.15, -0.1) is 0 Å². The fourth-order valence-electron chi connectivity index (χ4n) is 8.34. The van der Waals surface area contributed by atoms with Crippen LogP contribution in [-0.4, -0.2) is 113 Å². The van der Waals surface area contributed by atoms with Crippen LogP contribution in [0.15, 0.2) is 122 Å². The third kappa shape index (κ3) is 18.8. The van der Waals surface area contributed by atoms with Gasteiger partial charge in [-0.1, -0.05) is 59.6 Å². The second-order valence-corrected chi connectivity index (χ2v) is 19.0. The maximum atomic E-state index is 13.8. The van der Waals surface area contributed by atoms with E-state index in [0.717, 1.165) is 10.3 Å². The lowest BCUT2D eigenvalue weighted by Gasteiger charge is -2.28. The summed E-state index contributed by atoms with van der Waals surface area (Å²) in [5.74, 6) is 5.51. The molecule has 20 nitrogen and oxygen atoms in total. The molecule has 8 amide bonds. The van der Waals surface area contributed by atoms with E-state index >= 15 is 0 Å². The lowest BCUT2D eigenvalue weighted by atomic mass is 10.1. The number of nitrogens with zero attached hydrogens (tertiary/aromatic N) is 5. The van der Waals surface area contributed by atoms with Crippen LogP contribution in [0.2, 0.25) is 10.0 Å². The number of benzene rings is 5. The van der Waals surface area contributed by atoms with Gasteiger partial charge >= 0.3 is 24.2 Å². The molecule has 0 aliphatic carbocycles. The van der Waals surface area contributed by atoms with E-state index in [0.29, 0.717) is 64.2 Å². The number of hydrazine groups is 1. The van der Waals surface area contributed by atoms with Gasteiger partial charge in [0.1, 0.15) is 48.1 Å². The first-order chi connectivity index (χ1) is 39.4. The molecule has 2 aromatic heterocycles. The third-order valence-electron chi connectivity index (χ3n) is 12.8. The van der Waals surface area contributed by atoms with Crippen molar-refractivity contribution >= 4 is 119 Å². The number of amides is 8. The zero-order valence-corrected chi connectivity index (χ0v) is 48.8. The molecule has 2 atom stereocenters. The summed E-state index contributed by atoms with van der Waals surface area (Å²) in [6.07, 6.45) is 3.00. The number of anilines is 2. The lowest BCUT2D eigenvalue weighted by Crippen LogP contribution is -2.46. The van der Waals surface area contributed by atoms with Crippen LogP contribution in [0.1, 0.15) is 57.5 Å². The molecule has 8 rings (SSSR count). The molecule has 0 radical (unpaired) electrons. The number of hydrogen-bond acceptors (Lipinski definition) is 13. The quantitative estimate of drug-likeness (QED) is 0.0172. The topological polar surface area (TPSA) is 283 Å². The molecule has 28 heteroatoms. The number of nitrogens with one attached hydrogen (secondary N) is 4. The highest BCUT2D eigenvalue weighted by atomic mass is 35.5. The number of hydrogen-bond donors (Lipinski definition) is 7. The summed E-state index contributed by atoms with van der Waals surface area (Å²) in [7, 11) is 3.06. The highest BCUT2D eigenvalue weighted by Crippen LogP contribution is 2.25. The molecule has 0 saturated carbocycles. The predicted octanol–water partition coefficient (Wildman–Crippen LogP) is 9.71. The Morgan fingerprint density at radius 3 is 1.43 bits per heavy atom. The summed E-state index contributed by atoms with van der Waals surface area (Å²) in [5.41, 5.74) is 7.08. The van der Waals surface area contributed by atoms with Crippen molar-refractivity contribution in [2.75, 3.05) is 51.0 Å². The van der Waals surface area contributed by atoms with Gasteiger partial charge in [-0.25, -0.2) is 46.7 Å². The van der Waals surface area contributed by atoms with E-state index < -0.39 is 71.4 Å². The van der Waals surface area contributed by atoms with E-state index in [1.54, 1.807) is 55.6 Å². The van der Waals surface area contributed by atoms with Crippen molar-refractivity contribution in [1.82, 2.24) is 35.3 Å². The molecule has 0 fully saturated rings. The molecule has 1 aliphatic rings. The van der Waals surface area contributed by atoms with Crippen LogP contribution in [0.5, 0.6) is 0 Å². The normalized spacial score (nSPS) is 11.9. The summed E-state index contributed by atoms with van der Waals surface area (Å²) < 4.78 is 65.3. The van der Waals surface area contributed by atoms with Gasteiger partial charge in [0.05, 0.1) is 33.3 Å². The van der Waals surface area contributed by atoms with Crippen LogP contribution in [0, 0.1) is 23.3 Å². The first kappa shape index (κ1) is 68.5. The Hall–Kier alpha value is -7.98. The zero-order chi connectivity index (χ0) is 59.5. The van der Waals surface area contributed by atoms with Gasteiger partial charge in [-0.2, -0.15) is 27.0 Å². The second kappa shape index (κ2) is 33.3. The van der Waals surface area contributed by atoms with Crippen molar-refractivity contribution in [2.45, 2.75) is 50.9 Å². The number of aromatic nitrogens is 2. The Bertz CT molecular complexity index is 3400. The first-order valence-corrected chi connectivity index (χ1v) is 26.0. The van der Waals surface area contributed by atoms with Gasteiger partial charge in [0.15, 0.2) is 0 Å². The third-order valence-corrected chi connectivity index (χ3v) is 13.7. The van der Waals surface area contributed by atoms with Crippen molar-refractivity contribution in [1.29, 1.82) is 0 Å². The first-order valence-electron chi connectivity index (χ1n) is 25.2. The lowest BCUT2D eigenvalue weighted by molar-refractivity contribution is 0.0643. The Morgan fingerprint density at radius 1 is 0.595 bits per heavy atom. The monoisotopic (exact) mass is 1240 g/mol. The fourth-order valence-corrected chi connectivity index (χ4v) is 8.72. The van der Waals surface area contributed by atoms with Crippen LogP contribution >= 0.6 is 50.2 Å². The highest BCUT2D eigenvalue weighted by molar-refractivity contribution is 7.59. The van der Waals surface area contributed by atoms with E-state index in [-0.39, 0.29) is 87.9 Å². The molecule has 7 aromatic rings. The number of rotatable bonds is 19. The molecular formula is C56H62Cl2F4N12O8S2. The zero-order valence-electron chi connectivity index (χ0n) is 45.3. The molecule has 3 heterocycles. The molecule has 0 spiro atoms. The average Bonchev–Trinajstić information content (AvgIpc) is 3.76. The SMILES string of the molecule is CN(C(=O)NCc1cccc(F)c1Cl)[C@@H](CCCN)COC(=O)Nc1cc2cc(F)ccc2cn1.CN(C(=O)NCc1cccc(F)c1Cl)[C@@H](CCCN1C(=O)c2ccccc2C1=O)COC(=O)Nc1cc2cc(F)ccc2cn1.NN.S.S. The number of carbonyl (C=O) groups is 6. The molecule has 0 unspecified atom stereocenters. The highest BCUT2D eigenvalue weighted by Gasteiger charge is 2.35. The number of urea groups is 2. The maximum absolute atomic E-state index is 13.8. The second-order valence-electron chi connectivity index (χ2n) is 18.2. The van der Waals surface area contributed by atoms with E-state index in [2.05, 4.69) is 42.9 Å². The van der Waals surface area contributed by atoms with Gasteiger partial charge in [-0.05, 0) is 127 Å². The van der Waals surface area contributed by atoms with Crippen molar-refractivity contribution < 1.29 is 55.8 Å². The van der Waals surface area contributed by atoms with Crippen LogP contribution in [0.4, 0.5) is 48.4 Å². The molecule has 84 heavy (non-hydrogen) atoms. The Kier molecular flexibility index (Phi) is 27.2. The largest absolute Gasteiger partial charge is 0.447 e. The summed E-state index contributed by atoms with van der Waals surface area (Å²) >= 11 is 11.9. The van der Waals surface area contributed by atoms with Gasteiger partial charge in [0, 0.05) is 56.9 Å². The van der Waals surface area contributed by atoms with Crippen LogP contribution in [-0.2, 0) is 22.6 Å². The number of carbonyl (C=O) groups excluding carboxylic acids is 6. The molecule has 448 valence electrons. The van der Waals surface area contributed by atoms with E-state index in [4.69, 9.17) is 38.4 Å². The van der Waals surface area contributed by atoms with Crippen molar-refractivity contribution in [3.05, 3.63) is 177 Å². The summed E-state index contributed by atoms with van der Waals surface area (Å²) in [5, 5.41) is 12.7. The van der Waals surface area contributed by atoms with E-state index in [9.17, 15) is 46.3 Å². The van der Waals surface area contributed by atoms with Crippen molar-refractivity contribution in [3.63, 3.8) is 0 Å². The Labute approximate surface area is 504 Å². The number of imide groups is 1. The molecule has 0 bridgehead atoms. The van der Waals surface area contributed by atoms with Gasteiger partial charge in [0.25, 0.3) is 11.8 Å². The Morgan fingerprint density at radius 2 is 1.01 bits per heavy atom. The Balaban J connectivity index is 0.000000352. The standard InChI is InChI=1S/C32H28ClF2N5O5.C24H26ClF2N5O3.H4N2.2H2S/c1-39(31(43)37-17-20-6-4-10-26(35)28(20)33)23(7-5-13-40-29(41)24-8-2-3-9-25(24)30(40)42)18-45-32(44)38-27-15-21-14-22(34)12-11-19(21)16-36-27;1-32(23(33)30-13-16-4-2-6-20(27)22(16)25)19(5-3-9-28)14-35-24(34)31-21-11-17-10-18(26)8-7-15(17)12-29-21;1-2;;/h2-4,6,8-12,14-16,23H,5,7,13,17-18H2,1H3,(H,37,43)(H,36,38,44);2,4,6-8,10-12,19H,3,5,9,13-14,28H2,1H3,(H,30,33)(H,29,31,34);1-2H2;2*1H2/t23-;19-;;;/m00.../s1. The van der Waals surface area contributed by atoms with Crippen molar-refractivity contribution in [3.8, 4) is 0 Å². The van der Waals surface area contributed by atoms with Gasteiger partial charge in [-0.3, -0.25) is 36.8 Å². The molecular weight excluding hydrogens is 1180 g/mol. The predicted molar refractivity (Wildman–Crippen MR) is 322 cm³/mol. The van der Waals surface area contributed by atoms with Gasteiger partial charge in [0.2, 0.25) is 0 Å². The van der Waals surface area contributed by atoms with E-state index in [1.165, 1.54) is 89.9 Å². The van der Waals surface area contributed by atoms with Crippen LogP contribution < -0.4 is 38.7 Å². The minimum absolute atomic E-state index is 0. The van der Waals surface area contributed by atoms with Gasteiger partial charge < -0.3 is 35.6 Å². The number of nitrogens with two attached hydrogens (primary N) is 3. The summed E-state index contributed by atoms with van der Waals surface area (Å²) in [6, 6.07) is 24.5. The van der Waals surface area contributed by atoms with Crippen LogP contribution in [0.3, 0.4) is 0 Å². The number of halogens is 6. The number of ether oxygens (including phenoxy) is 2. The minimum atomic E-state index is -0.857.